The Morgan fingerprint density at radius 3 is 2.56 bits per heavy atom. The molecule has 0 aliphatic carbocycles. The number of aryl methyl sites for hydroxylation is 1. The van der Waals surface area contributed by atoms with Crippen molar-refractivity contribution in [3.63, 3.8) is 0 Å². The number of ether oxygens (including phenoxy) is 2. The van der Waals surface area contributed by atoms with Crippen LogP contribution in [0.25, 0.3) is 33.3 Å². The van der Waals surface area contributed by atoms with Gasteiger partial charge in [0, 0.05) is 67.8 Å². The summed E-state index contributed by atoms with van der Waals surface area (Å²) in [6.07, 6.45) is 4.56. The number of esters is 1. The highest BCUT2D eigenvalue weighted by Crippen LogP contribution is 2.42. The SMILES string of the molecule is C=CC(=O)N1CC[C@H](C(=O)N(CF)C(C(=O)N[C@H]2Cc3cccc(c3)-c3ccc4c(c3)c(c(-c3cccnc3[C@H](C)OC)n4CC)CC(C)(C)COC(=O)[C@@H]3CCCN(N3)C2=O)C(C)C)C1. The number of carbonyl (C=O) groups is 5. The zero-order valence-electron chi connectivity index (χ0n) is 39.3. The number of benzene rings is 2. The van der Waals surface area contributed by atoms with E-state index in [1.807, 2.05) is 37.3 Å². The summed E-state index contributed by atoms with van der Waals surface area (Å²) in [5.74, 6) is -3.81. The van der Waals surface area contributed by atoms with Crippen LogP contribution in [0.1, 0.15) is 83.7 Å². The molecule has 5 heterocycles. The van der Waals surface area contributed by atoms with E-state index in [4.69, 9.17) is 14.5 Å². The fourth-order valence-electron chi connectivity index (χ4n) is 9.84. The largest absolute Gasteiger partial charge is 0.464 e. The lowest BCUT2D eigenvalue weighted by atomic mass is 9.84. The van der Waals surface area contributed by atoms with Crippen molar-refractivity contribution in [3.8, 4) is 22.4 Å². The van der Waals surface area contributed by atoms with Crippen LogP contribution in [0.3, 0.4) is 0 Å². The molecular weight excluding hydrogens is 842 g/mol. The van der Waals surface area contributed by atoms with Gasteiger partial charge in [-0.3, -0.25) is 34.0 Å². The Morgan fingerprint density at radius 2 is 1.85 bits per heavy atom. The van der Waals surface area contributed by atoms with Gasteiger partial charge in [0.15, 0.2) is 6.80 Å². The molecule has 2 aromatic heterocycles. The number of cyclic esters (lactones) is 1. The van der Waals surface area contributed by atoms with E-state index in [-0.39, 0.29) is 38.1 Å². The summed E-state index contributed by atoms with van der Waals surface area (Å²) < 4.78 is 29.3. The summed E-state index contributed by atoms with van der Waals surface area (Å²) in [5.41, 5.74) is 10.1. The van der Waals surface area contributed by atoms with Gasteiger partial charge in [-0.25, -0.2) is 9.82 Å². The quantitative estimate of drug-likeness (QED) is 0.0968. The fourth-order valence-corrected chi connectivity index (χ4v) is 9.84. The lowest BCUT2D eigenvalue weighted by Crippen LogP contribution is -2.62. The van der Waals surface area contributed by atoms with Gasteiger partial charge in [-0.05, 0) is 98.0 Å². The average molecular weight is 906 g/mol. The van der Waals surface area contributed by atoms with Gasteiger partial charge >= 0.3 is 5.97 Å². The Bertz CT molecular complexity index is 2480. The smallest absolute Gasteiger partial charge is 0.324 e. The molecule has 2 saturated heterocycles. The first kappa shape index (κ1) is 48.0. The second kappa shape index (κ2) is 20.3. The number of halogens is 1. The highest BCUT2D eigenvalue weighted by Gasteiger charge is 2.41. The number of rotatable bonds is 11. The first-order valence-corrected chi connectivity index (χ1v) is 23.1. The predicted molar refractivity (Wildman–Crippen MR) is 250 cm³/mol. The number of hydrazine groups is 1. The molecular formula is C51H64FN7O7. The number of methoxy groups -OCH3 is 1. The van der Waals surface area contributed by atoms with Crippen LogP contribution in [0, 0.1) is 17.3 Å². The minimum Gasteiger partial charge on any atom is -0.464 e. The van der Waals surface area contributed by atoms with E-state index in [2.05, 4.69) is 66.9 Å². The van der Waals surface area contributed by atoms with Crippen molar-refractivity contribution < 1.29 is 37.8 Å². The minimum absolute atomic E-state index is 0.0564. The molecule has 6 bridgehead atoms. The number of hydrogen-bond donors (Lipinski definition) is 2. The van der Waals surface area contributed by atoms with E-state index in [0.717, 1.165) is 55.0 Å². The van der Waals surface area contributed by atoms with Crippen LogP contribution < -0.4 is 10.7 Å². The molecule has 1 unspecified atom stereocenters. The fraction of sp³-hybridized carbons (Fsp3) is 0.490. The van der Waals surface area contributed by atoms with Crippen LogP contribution in [-0.2, 0) is 52.8 Å². The van der Waals surface area contributed by atoms with Gasteiger partial charge in [-0.2, -0.15) is 0 Å². The third-order valence-electron chi connectivity index (χ3n) is 13.3. The molecule has 66 heavy (non-hydrogen) atoms. The van der Waals surface area contributed by atoms with Crippen LogP contribution in [0.4, 0.5) is 4.39 Å². The van der Waals surface area contributed by atoms with Crippen molar-refractivity contribution >= 4 is 40.5 Å². The molecule has 15 heteroatoms. The molecule has 2 N–H and O–H groups in total. The lowest BCUT2D eigenvalue weighted by Gasteiger charge is -2.37. The number of amides is 4. The molecule has 4 amide bonds. The Hall–Kier alpha value is -5.93. The molecule has 14 nitrogen and oxygen atoms in total. The number of fused-ring (bicyclic) bond motifs is 6. The second-order valence-corrected chi connectivity index (χ2v) is 18.9. The number of hydrogen-bond acceptors (Lipinski definition) is 9. The van der Waals surface area contributed by atoms with Gasteiger partial charge < -0.3 is 29.2 Å². The maximum absolute atomic E-state index is 15.0. The van der Waals surface area contributed by atoms with Crippen molar-refractivity contribution in [2.24, 2.45) is 17.3 Å². The van der Waals surface area contributed by atoms with E-state index in [1.54, 1.807) is 27.2 Å². The van der Waals surface area contributed by atoms with Gasteiger partial charge in [-0.1, -0.05) is 64.6 Å². The number of nitrogens with one attached hydrogen (secondary N) is 2. The third-order valence-corrected chi connectivity index (χ3v) is 13.3. The number of aromatic nitrogens is 2. The van der Waals surface area contributed by atoms with E-state index in [0.29, 0.717) is 38.8 Å². The monoisotopic (exact) mass is 905 g/mol. The Balaban J connectivity index is 1.30. The first-order valence-electron chi connectivity index (χ1n) is 23.1. The van der Waals surface area contributed by atoms with Crippen molar-refractivity contribution in [1.82, 2.24) is 35.1 Å². The molecule has 5 atom stereocenters. The summed E-state index contributed by atoms with van der Waals surface area (Å²) in [6, 6.07) is 15.0. The molecule has 7 rings (SSSR count). The Labute approximate surface area is 386 Å². The maximum atomic E-state index is 15.0. The molecule has 2 fully saturated rings. The normalized spacial score (nSPS) is 21.0. The van der Waals surface area contributed by atoms with E-state index in [9.17, 15) is 24.0 Å². The van der Waals surface area contributed by atoms with Gasteiger partial charge in [0.25, 0.3) is 5.91 Å². The number of pyridine rings is 1. The standard InChI is InChI=1S/C51H64FN7O7/c1-9-43(60)56-23-20-36(28-56)48(62)58(30-52)45(31(3)4)47(61)54-41-25-33-14-11-15-34(24-33)35-18-19-42-38(26-35)39(46(57(42)10-2)37-16-12-21-53-44(37)32(5)65-8)27-51(6,7)29-66-50(64)40-17-13-22-59(55-40)49(41)63/h9,11-12,14-16,18-19,21,24,26,31-32,36,40-41,45,55H,1,10,13,17,20,22-23,25,27-30H2,2-8H3,(H,54,61)/t32-,36-,40-,41-,45?/m0/s1. The zero-order chi connectivity index (χ0) is 47.4. The van der Waals surface area contributed by atoms with Crippen LogP contribution in [0.5, 0.6) is 0 Å². The van der Waals surface area contributed by atoms with Crippen LogP contribution in [-0.4, -0.2) is 112 Å². The topological polar surface area (TPSA) is 155 Å². The first-order chi connectivity index (χ1) is 31.6. The summed E-state index contributed by atoms with van der Waals surface area (Å²) in [6.45, 7) is 15.5. The highest BCUT2D eigenvalue weighted by atomic mass is 19.1. The third kappa shape index (κ3) is 9.92. The summed E-state index contributed by atoms with van der Waals surface area (Å²) in [7, 11) is 1.68. The van der Waals surface area contributed by atoms with Crippen molar-refractivity contribution in [3.05, 3.63) is 90.3 Å². The number of likely N-dealkylation sites (tertiary alicyclic amines) is 1. The maximum Gasteiger partial charge on any atom is 0.324 e. The highest BCUT2D eigenvalue weighted by molar-refractivity contribution is 5.96. The number of nitrogens with zero attached hydrogens (tertiary/aromatic N) is 5. The summed E-state index contributed by atoms with van der Waals surface area (Å²) in [5, 5.41) is 5.34. The van der Waals surface area contributed by atoms with E-state index < -0.39 is 65.9 Å². The predicted octanol–water partition coefficient (Wildman–Crippen LogP) is 6.56. The molecule has 0 radical (unpaired) electrons. The molecule has 352 valence electrons. The average Bonchev–Trinajstić information content (AvgIpc) is 3.94. The van der Waals surface area contributed by atoms with E-state index >= 15 is 4.39 Å². The Morgan fingerprint density at radius 1 is 1.08 bits per heavy atom. The second-order valence-electron chi connectivity index (χ2n) is 18.9. The van der Waals surface area contributed by atoms with Gasteiger partial charge in [0.2, 0.25) is 17.7 Å². The molecule has 0 saturated carbocycles. The summed E-state index contributed by atoms with van der Waals surface area (Å²) in [4.78, 5) is 76.5. The lowest BCUT2D eigenvalue weighted by molar-refractivity contribution is -0.155. The van der Waals surface area contributed by atoms with Crippen LogP contribution in [0.15, 0.2) is 73.4 Å². The number of alkyl halides is 1. The van der Waals surface area contributed by atoms with Crippen molar-refractivity contribution in [2.75, 3.05) is 40.1 Å². The molecule has 2 aromatic carbocycles. The van der Waals surface area contributed by atoms with Crippen molar-refractivity contribution in [1.29, 1.82) is 0 Å². The van der Waals surface area contributed by atoms with Gasteiger partial charge in [0.05, 0.1) is 30.0 Å². The molecule has 4 aromatic rings. The van der Waals surface area contributed by atoms with Gasteiger partial charge in [0.1, 0.15) is 18.1 Å². The molecule has 0 spiro atoms. The van der Waals surface area contributed by atoms with E-state index in [1.165, 1.54) is 16.0 Å². The Kier molecular flexibility index (Phi) is 14.8. The summed E-state index contributed by atoms with van der Waals surface area (Å²) >= 11 is 0. The van der Waals surface area contributed by atoms with Crippen LogP contribution >= 0.6 is 0 Å². The minimum atomic E-state index is -1.26. The number of carbonyl (C=O) groups excluding carboxylic acids is 5. The molecule has 3 aliphatic heterocycles. The van der Waals surface area contributed by atoms with Crippen LogP contribution in [0.2, 0.25) is 0 Å². The van der Waals surface area contributed by atoms with Gasteiger partial charge in [-0.15, -0.1) is 0 Å². The zero-order valence-corrected chi connectivity index (χ0v) is 39.3. The molecule has 3 aliphatic rings. The van der Waals surface area contributed by atoms with Crippen molar-refractivity contribution in [2.45, 2.75) is 104 Å².